The van der Waals surface area contributed by atoms with Crippen molar-refractivity contribution >= 4 is 5.78 Å². The number of rotatable bonds is 1. The molecule has 0 N–H and O–H groups in total. The van der Waals surface area contributed by atoms with Gasteiger partial charge in [-0.15, -0.1) is 0 Å². The van der Waals surface area contributed by atoms with Gasteiger partial charge in [0.25, 0.3) is 0 Å². The molecule has 84 valence electrons. The molecule has 0 radical (unpaired) electrons. The molecule has 0 spiro atoms. The summed E-state index contributed by atoms with van der Waals surface area (Å²) in [6.45, 7) is 0. The van der Waals surface area contributed by atoms with Gasteiger partial charge in [0.1, 0.15) is 0 Å². The highest BCUT2D eigenvalue weighted by Gasteiger charge is 2.32. The summed E-state index contributed by atoms with van der Waals surface area (Å²) in [5, 5.41) is 0. The van der Waals surface area contributed by atoms with Gasteiger partial charge in [-0.1, -0.05) is 30.4 Å². The minimum absolute atomic E-state index is 0.148. The van der Waals surface area contributed by atoms with E-state index < -0.39 is 0 Å². The Hall–Kier alpha value is -1.96. The van der Waals surface area contributed by atoms with Gasteiger partial charge in [-0.2, -0.15) is 0 Å². The Balaban J connectivity index is 2.04. The predicted molar refractivity (Wildman–Crippen MR) is 66.5 cm³/mol. The Bertz CT molecular complexity index is 537. The van der Waals surface area contributed by atoms with E-state index in [0.29, 0.717) is 6.42 Å². The van der Waals surface area contributed by atoms with Crippen LogP contribution >= 0.6 is 0 Å². The zero-order chi connectivity index (χ0) is 11.7. The van der Waals surface area contributed by atoms with Gasteiger partial charge in [0.05, 0.1) is 0 Å². The van der Waals surface area contributed by atoms with Crippen molar-refractivity contribution in [3.63, 3.8) is 0 Å². The zero-order valence-electron chi connectivity index (χ0n) is 9.47. The number of carbonyl (C=O) groups excluding carboxylic acids is 1. The van der Waals surface area contributed by atoms with Gasteiger partial charge < -0.3 is 0 Å². The van der Waals surface area contributed by atoms with Crippen molar-refractivity contribution in [1.29, 1.82) is 0 Å². The molecule has 1 aromatic heterocycles. The van der Waals surface area contributed by atoms with Gasteiger partial charge >= 0.3 is 0 Å². The average Bonchev–Trinajstić information content (AvgIpc) is 2.57. The van der Waals surface area contributed by atoms with Crippen LogP contribution in [0.15, 0.2) is 59.8 Å². The molecule has 2 nitrogen and oxygen atoms in total. The molecule has 0 bridgehead atoms. The van der Waals surface area contributed by atoms with Gasteiger partial charge in [-0.25, -0.2) is 0 Å². The summed E-state index contributed by atoms with van der Waals surface area (Å²) in [6, 6.07) is 5.88. The van der Waals surface area contributed by atoms with Gasteiger partial charge in [0.15, 0.2) is 5.78 Å². The second-order valence-corrected chi connectivity index (χ2v) is 4.36. The van der Waals surface area contributed by atoms with Crippen molar-refractivity contribution in [2.75, 3.05) is 0 Å². The fourth-order valence-corrected chi connectivity index (χ4v) is 2.51. The maximum Gasteiger partial charge on any atom is 0.160 e. The molecule has 0 fully saturated rings. The first-order valence-electron chi connectivity index (χ1n) is 5.86. The first-order valence-corrected chi connectivity index (χ1v) is 5.86. The molecule has 0 aromatic carbocycles. The summed E-state index contributed by atoms with van der Waals surface area (Å²) in [4.78, 5) is 16.4. The fourth-order valence-electron chi connectivity index (χ4n) is 2.51. The van der Waals surface area contributed by atoms with Crippen LogP contribution in [-0.2, 0) is 4.79 Å². The number of hydrogen-bond acceptors (Lipinski definition) is 2. The van der Waals surface area contributed by atoms with E-state index in [9.17, 15) is 4.79 Å². The monoisotopic (exact) mass is 223 g/mol. The number of ketones is 1. The lowest BCUT2D eigenvalue weighted by atomic mass is 9.96. The number of aromatic nitrogens is 1. The summed E-state index contributed by atoms with van der Waals surface area (Å²) in [5.41, 5.74) is 3.11. The lowest BCUT2D eigenvalue weighted by molar-refractivity contribution is -0.115. The smallest absolute Gasteiger partial charge is 0.160 e. The van der Waals surface area contributed by atoms with E-state index in [0.717, 1.165) is 23.3 Å². The van der Waals surface area contributed by atoms with Crippen molar-refractivity contribution in [1.82, 2.24) is 4.98 Å². The topological polar surface area (TPSA) is 30.0 Å². The highest BCUT2D eigenvalue weighted by atomic mass is 16.1. The predicted octanol–water partition coefficient (Wildman–Crippen LogP) is 2.95. The van der Waals surface area contributed by atoms with Crippen LogP contribution < -0.4 is 0 Å². The van der Waals surface area contributed by atoms with Crippen molar-refractivity contribution in [3.05, 3.63) is 65.5 Å². The van der Waals surface area contributed by atoms with Crippen LogP contribution in [0.4, 0.5) is 0 Å². The summed E-state index contributed by atoms with van der Waals surface area (Å²) in [7, 11) is 0. The zero-order valence-corrected chi connectivity index (χ0v) is 9.47. The van der Waals surface area contributed by atoms with E-state index >= 15 is 0 Å². The molecule has 0 aliphatic heterocycles. The largest absolute Gasteiger partial charge is 0.294 e. The summed E-state index contributed by atoms with van der Waals surface area (Å²) in [6.07, 6.45) is 11.2. The Labute approximate surface area is 100 Å². The average molecular weight is 223 g/mol. The van der Waals surface area contributed by atoms with E-state index in [1.54, 1.807) is 6.20 Å². The van der Waals surface area contributed by atoms with E-state index in [-0.39, 0.29) is 11.7 Å². The number of hydrogen-bond donors (Lipinski definition) is 0. The van der Waals surface area contributed by atoms with E-state index in [1.165, 1.54) is 0 Å². The maximum atomic E-state index is 12.0. The van der Waals surface area contributed by atoms with Crippen LogP contribution in [0.1, 0.15) is 24.5 Å². The molecule has 0 saturated heterocycles. The van der Waals surface area contributed by atoms with E-state index in [4.69, 9.17) is 0 Å². The first-order chi connectivity index (χ1) is 8.36. The number of allylic oxidation sites excluding steroid dienone is 6. The highest BCUT2D eigenvalue weighted by Crippen LogP contribution is 2.39. The lowest BCUT2D eigenvalue weighted by Crippen LogP contribution is -2.00. The molecule has 1 heterocycles. The van der Waals surface area contributed by atoms with E-state index in [1.807, 2.05) is 36.4 Å². The second kappa shape index (κ2) is 4.13. The van der Waals surface area contributed by atoms with Crippen molar-refractivity contribution in [2.45, 2.75) is 18.8 Å². The molecule has 2 aliphatic rings. The van der Waals surface area contributed by atoms with Crippen LogP contribution in [0, 0.1) is 0 Å². The molecule has 2 heteroatoms. The van der Waals surface area contributed by atoms with Gasteiger partial charge in [-0.3, -0.25) is 9.78 Å². The number of Topliss-reactive ketones (excluding diaryl/α,β-unsaturated/α-hetero) is 1. The van der Waals surface area contributed by atoms with Gasteiger partial charge in [0, 0.05) is 29.8 Å². The Kier molecular flexibility index (Phi) is 2.48. The second-order valence-electron chi connectivity index (χ2n) is 4.36. The molecule has 3 rings (SSSR count). The lowest BCUT2D eigenvalue weighted by Gasteiger charge is -2.10. The Morgan fingerprint density at radius 1 is 1.24 bits per heavy atom. The number of pyridine rings is 1. The first kappa shape index (κ1) is 10.2. The molecule has 0 amide bonds. The Morgan fingerprint density at radius 3 is 3.00 bits per heavy atom. The van der Waals surface area contributed by atoms with Crippen LogP contribution in [-0.4, -0.2) is 10.8 Å². The van der Waals surface area contributed by atoms with Crippen LogP contribution in [0.3, 0.4) is 0 Å². The molecule has 17 heavy (non-hydrogen) atoms. The minimum atomic E-state index is 0.148. The van der Waals surface area contributed by atoms with Crippen LogP contribution in [0.5, 0.6) is 0 Å². The third kappa shape index (κ3) is 1.76. The molecular formula is C15H13NO. The normalized spacial score (nSPS) is 22.8. The van der Waals surface area contributed by atoms with Gasteiger partial charge in [0.2, 0.25) is 0 Å². The van der Waals surface area contributed by atoms with Crippen molar-refractivity contribution in [3.8, 4) is 0 Å². The fraction of sp³-hybridized carbons (Fsp3) is 0.200. The standard InChI is InChI=1S/C15H13NO/c17-15-10-13(14-8-4-5-9-16-14)11-6-2-1-3-7-12(11)15/h1-6,8-9,13H,7,10H2. The van der Waals surface area contributed by atoms with Crippen LogP contribution in [0.2, 0.25) is 0 Å². The van der Waals surface area contributed by atoms with Crippen molar-refractivity contribution < 1.29 is 4.79 Å². The summed E-state index contributed by atoms with van der Waals surface area (Å²) >= 11 is 0. The maximum absolute atomic E-state index is 12.0. The molecule has 1 unspecified atom stereocenters. The summed E-state index contributed by atoms with van der Waals surface area (Å²) in [5.74, 6) is 0.418. The Morgan fingerprint density at radius 2 is 2.18 bits per heavy atom. The summed E-state index contributed by atoms with van der Waals surface area (Å²) < 4.78 is 0. The number of nitrogens with zero attached hydrogens (tertiary/aromatic N) is 1. The number of carbonyl (C=O) groups is 1. The highest BCUT2D eigenvalue weighted by molar-refractivity contribution is 6.01. The molecular weight excluding hydrogens is 210 g/mol. The van der Waals surface area contributed by atoms with E-state index in [2.05, 4.69) is 11.1 Å². The third-order valence-corrected chi connectivity index (χ3v) is 3.34. The SMILES string of the molecule is O=C1CC(c2ccccn2)C2=C1CC=CC=C2. The van der Waals surface area contributed by atoms with Crippen molar-refractivity contribution in [2.24, 2.45) is 0 Å². The third-order valence-electron chi connectivity index (χ3n) is 3.34. The minimum Gasteiger partial charge on any atom is -0.294 e. The molecule has 2 aliphatic carbocycles. The van der Waals surface area contributed by atoms with Gasteiger partial charge in [-0.05, 0) is 24.1 Å². The molecule has 0 saturated carbocycles. The molecule has 1 aromatic rings. The van der Waals surface area contributed by atoms with Crippen LogP contribution in [0.25, 0.3) is 0 Å². The molecule has 1 atom stereocenters. The quantitative estimate of drug-likeness (QED) is 0.732.